The van der Waals surface area contributed by atoms with Crippen molar-refractivity contribution in [3.63, 3.8) is 0 Å². The van der Waals surface area contributed by atoms with Gasteiger partial charge in [-0.25, -0.2) is 9.19 Å². The number of nitrogen functional groups attached to an aromatic ring is 1. The van der Waals surface area contributed by atoms with Crippen molar-refractivity contribution in [3.05, 3.63) is 35.7 Å². The number of rotatable bonds is 3. The van der Waals surface area contributed by atoms with Gasteiger partial charge in [0.05, 0.1) is 17.1 Å². The fraction of sp³-hybridized carbons (Fsp3) is 0.231. The number of benzene rings is 1. The molecule has 0 fully saturated rings. The molecule has 3 rings (SSSR count). The second-order valence-electron chi connectivity index (χ2n) is 4.60. The number of fused-ring (bicyclic) bond motifs is 1. The topological polar surface area (TPSA) is 86.9 Å². The van der Waals surface area contributed by atoms with E-state index in [1.807, 2.05) is 20.0 Å². The normalized spacial score (nSPS) is 12.9. The van der Waals surface area contributed by atoms with Gasteiger partial charge in [0.25, 0.3) is 5.22 Å². The van der Waals surface area contributed by atoms with E-state index in [0.717, 1.165) is 11.4 Å². The third-order valence-corrected chi connectivity index (χ3v) is 4.09. The van der Waals surface area contributed by atoms with Crippen LogP contribution in [0.2, 0.25) is 0 Å². The number of hydrogen-bond donors (Lipinski definition) is 1. The maximum atomic E-state index is 12.3. The van der Waals surface area contributed by atoms with Gasteiger partial charge in [-0.2, -0.15) is 5.10 Å². The number of hydrogen-bond acceptors (Lipinski definition) is 5. The van der Waals surface area contributed by atoms with Gasteiger partial charge in [0.2, 0.25) is 0 Å². The van der Waals surface area contributed by atoms with E-state index in [0.29, 0.717) is 22.5 Å². The van der Waals surface area contributed by atoms with E-state index >= 15 is 0 Å². The zero-order valence-electron chi connectivity index (χ0n) is 11.2. The van der Waals surface area contributed by atoms with Gasteiger partial charge in [-0.1, -0.05) is 0 Å². The monoisotopic (exact) mass is 290 g/mol. The van der Waals surface area contributed by atoms with Gasteiger partial charge in [0.1, 0.15) is 16.3 Å². The van der Waals surface area contributed by atoms with Crippen LogP contribution >= 0.6 is 0 Å². The van der Waals surface area contributed by atoms with Crippen molar-refractivity contribution in [3.8, 4) is 0 Å². The fourth-order valence-corrected chi connectivity index (χ4v) is 3.06. The molecule has 0 aliphatic carbocycles. The first-order valence-electron chi connectivity index (χ1n) is 6.07. The summed E-state index contributed by atoms with van der Waals surface area (Å²) in [6.45, 7) is 1.90. The fourth-order valence-electron chi connectivity index (χ4n) is 2.01. The van der Waals surface area contributed by atoms with Crippen molar-refractivity contribution in [2.75, 3.05) is 5.73 Å². The highest BCUT2D eigenvalue weighted by molar-refractivity contribution is 7.84. The zero-order valence-corrected chi connectivity index (χ0v) is 12.0. The minimum absolute atomic E-state index is 0.212. The van der Waals surface area contributed by atoms with E-state index < -0.39 is 10.8 Å². The molecule has 0 saturated heterocycles. The van der Waals surface area contributed by atoms with E-state index in [-0.39, 0.29) is 5.22 Å². The smallest absolute Gasteiger partial charge is 0.288 e. The van der Waals surface area contributed by atoms with Gasteiger partial charge in [-0.15, -0.1) is 0 Å². The van der Waals surface area contributed by atoms with E-state index in [2.05, 4.69) is 10.1 Å². The molecule has 1 atom stereocenters. The summed E-state index contributed by atoms with van der Waals surface area (Å²) < 4.78 is 19.5. The third-order valence-electron chi connectivity index (χ3n) is 2.97. The highest BCUT2D eigenvalue weighted by Crippen LogP contribution is 2.21. The lowest BCUT2D eigenvalue weighted by atomic mass is 10.3. The van der Waals surface area contributed by atoms with Crippen LogP contribution in [0.25, 0.3) is 11.1 Å². The second-order valence-corrected chi connectivity index (χ2v) is 5.93. The molecule has 0 radical (unpaired) electrons. The molecule has 3 aromatic rings. The molecule has 0 saturated carbocycles. The van der Waals surface area contributed by atoms with Crippen molar-refractivity contribution in [2.45, 2.75) is 17.9 Å². The van der Waals surface area contributed by atoms with Crippen LogP contribution in [0.15, 0.2) is 33.9 Å². The Morgan fingerprint density at radius 1 is 1.40 bits per heavy atom. The van der Waals surface area contributed by atoms with Crippen molar-refractivity contribution >= 4 is 27.6 Å². The first-order valence-corrected chi connectivity index (χ1v) is 7.39. The number of oxazole rings is 1. The molecule has 0 aliphatic heterocycles. The Morgan fingerprint density at radius 3 is 2.90 bits per heavy atom. The standard InChI is InChI=1S/C13H14N4O2S/c1-8-5-10(17(2)16-8)7-20(18)13-15-11-4-3-9(14)6-12(11)19-13/h3-6H,7,14H2,1-2H3. The third kappa shape index (κ3) is 2.32. The minimum atomic E-state index is -1.35. The lowest BCUT2D eigenvalue weighted by Gasteiger charge is -1.98. The van der Waals surface area contributed by atoms with Gasteiger partial charge in [-0.05, 0) is 25.1 Å². The van der Waals surface area contributed by atoms with E-state index in [4.69, 9.17) is 10.2 Å². The maximum Gasteiger partial charge on any atom is 0.288 e. The molecule has 104 valence electrons. The molecule has 2 N–H and O–H groups in total. The van der Waals surface area contributed by atoms with Crippen LogP contribution in [0.3, 0.4) is 0 Å². The highest BCUT2D eigenvalue weighted by Gasteiger charge is 2.15. The lowest BCUT2D eigenvalue weighted by molar-refractivity contribution is 0.477. The zero-order chi connectivity index (χ0) is 14.3. The Morgan fingerprint density at radius 2 is 2.20 bits per heavy atom. The number of aryl methyl sites for hydroxylation is 2. The highest BCUT2D eigenvalue weighted by atomic mass is 32.2. The summed E-state index contributed by atoms with van der Waals surface area (Å²) in [7, 11) is 0.476. The molecule has 1 unspecified atom stereocenters. The van der Waals surface area contributed by atoms with Crippen LogP contribution < -0.4 is 5.73 Å². The van der Waals surface area contributed by atoms with E-state index in [9.17, 15) is 4.21 Å². The summed E-state index contributed by atoms with van der Waals surface area (Å²) in [4.78, 5) is 4.23. The summed E-state index contributed by atoms with van der Waals surface area (Å²) in [6.07, 6.45) is 0. The SMILES string of the molecule is Cc1cc(CS(=O)c2nc3ccc(N)cc3o2)n(C)n1. The van der Waals surface area contributed by atoms with Crippen molar-refractivity contribution in [2.24, 2.45) is 7.05 Å². The molecule has 20 heavy (non-hydrogen) atoms. The van der Waals surface area contributed by atoms with Crippen LogP contribution in [0.4, 0.5) is 5.69 Å². The van der Waals surface area contributed by atoms with Gasteiger partial charge in [0.15, 0.2) is 5.58 Å². The van der Waals surface area contributed by atoms with Gasteiger partial charge in [-0.3, -0.25) is 4.68 Å². The van der Waals surface area contributed by atoms with E-state index in [1.54, 1.807) is 22.9 Å². The summed E-state index contributed by atoms with van der Waals surface area (Å²) in [5.41, 5.74) is 9.25. The molecule has 0 bridgehead atoms. The van der Waals surface area contributed by atoms with Crippen LogP contribution in [0.5, 0.6) is 0 Å². The number of aromatic nitrogens is 3. The quantitative estimate of drug-likeness (QED) is 0.743. The summed E-state index contributed by atoms with van der Waals surface area (Å²) >= 11 is 0. The van der Waals surface area contributed by atoms with Gasteiger partial charge >= 0.3 is 0 Å². The van der Waals surface area contributed by atoms with Gasteiger partial charge in [0, 0.05) is 18.8 Å². The molecule has 2 heterocycles. The van der Waals surface area contributed by atoms with Crippen molar-refractivity contribution in [1.82, 2.24) is 14.8 Å². The molecule has 0 amide bonds. The molecule has 1 aromatic carbocycles. The van der Waals surface area contributed by atoms with Crippen LogP contribution in [0.1, 0.15) is 11.4 Å². The Balaban J connectivity index is 1.90. The maximum absolute atomic E-state index is 12.3. The molecule has 0 aliphatic rings. The Labute approximate surface area is 118 Å². The lowest BCUT2D eigenvalue weighted by Crippen LogP contribution is -2.03. The Kier molecular flexibility index (Phi) is 3.06. The molecule has 2 aromatic heterocycles. The molecule has 7 heteroatoms. The summed E-state index contributed by atoms with van der Waals surface area (Å²) in [6, 6.07) is 7.07. The minimum Gasteiger partial charge on any atom is -0.430 e. The van der Waals surface area contributed by atoms with Crippen LogP contribution in [-0.2, 0) is 23.6 Å². The Bertz CT molecular complexity index is 806. The Hall–Kier alpha value is -2.15. The van der Waals surface area contributed by atoms with Crippen molar-refractivity contribution < 1.29 is 8.63 Å². The average molecular weight is 290 g/mol. The van der Waals surface area contributed by atoms with E-state index in [1.165, 1.54) is 0 Å². The van der Waals surface area contributed by atoms with Gasteiger partial charge < -0.3 is 10.2 Å². The largest absolute Gasteiger partial charge is 0.430 e. The molecule has 6 nitrogen and oxygen atoms in total. The first-order chi connectivity index (χ1) is 9.52. The number of nitrogens with two attached hydrogens (primary N) is 1. The number of nitrogens with zero attached hydrogens (tertiary/aromatic N) is 3. The summed E-state index contributed by atoms with van der Waals surface area (Å²) in [5.74, 6) is 0.319. The molecule has 0 spiro atoms. The predicted octanol–water partition coefficient (Wildman–Crippen LogP) is 1.76. The summed E-state index contributed by atoms with van der Waals surface area (Å²) in [5, 5.41) is 4.44. The van der Waals surface area contributed by atoms with Crippen molar-refractivity contribution in [1.29, 1.82) is 0 Å². The van der Waals surface area contributed by atoms with Crippen LogP contribution in [0, 0.1) is 6.92 Å². The first kappa shape index (κ1) is 12.9. The molecular weight excluding hydrogens is 276 g/mol. The average Bonchev–Trinajstić information content (AvgIpc) is 2.92. The van der Waals surface area contributed by atoms with Crippen LogP contribution in [-0.4, -0.2) is 19.0 Å². The number of anilines is 1. The predicted molar refractivity (Wildman–Crippen MR) is 76.5 cm³/mol. The molecular formula is C13H14N4O2S. The second kappa shape index (κ2) is 4.75.